The van der Waals surface area contributed by atoms with Crippen LogP contribution in [-0.2, 0) is 14.8 Å². The van der Waals surface area contributed by atoms with Gasteiger partial charge in [0.25, 0.3) is 0 Å². The van der Waals surface area contributed by atoms with Crippen LogP contribution in [0.4, 0.5) is 0 Å². The summed E-state index contributed by atoms with van der Waals surface area (Å²) >= 11 is 0. The van der Waals surface area contributed by atoms with Crippen LogP contribution in [0, 0.1) is 0 Å². The van der Waals surface area contributed by atoms with Gasteiger partial charge < -0.3 is 9.64 Å². The summed E-state index contributed by atoms with van der Waals surface area (Å²) < 4.78 is 32.8. The monoisotopic (exact) mass is 340 g/mol. The van der Waals surface area contributed by atoms with Crippen LogP contribution in [0.25, 0.3) is 0 Å². The number of nitrogens with zero attached hydrogens (tertiary/aromatic N) is 1. The molecule has 1 fully saturated rings. The molecule has 0 radical (unpaired) electrons. The zero-order valence-electron chi connectivity index (χ0n) is 14.0. The minimum Gasteiger partial charge on any atom is -0.494 e. The molecule has 1 amide bonds. The molecule has 6 nitrogen and oxygen atoms in total. The molecule has 1 atom stereocenters. The van der Waals surface area contributed by atoms with Crippen LogP contribution in [0.5, 0.6) is 5.75 Å². The summed E-state index contributed by atoms with van der Waals surface area (Å²) in [5.74, 6) is 0.596. The third-order valence-corrected chi connectivity index (χ3v) is 5.24. The van der Waals surface area contributed by atoms with E-state index in [2.05, 4.69) is 4.72 Å². The molecule has 1 aliphatic rings. The molecule has 1 heterocycles. The Kier molecular flexibility index (Phi) is 5.01. The number of carbonyl (C=O) groups excluding carboxylic acids is 1. The first-order chi connectivity index (χ1) is 10.6. The molecule has 1 saturated heterocycles. The van der Waals surface area contributed by atoms with Gasteiger partial charge in [0.15, 0.2) is 0 Å². The number of hydrogen-bond donors (Lipinski definition) is 1. The van der Waals surface area contributed by atoms with E-state index in [1.54, 1.807) is 17.0 Å². The van der Waals surface area contributed by atoms with E-state index in [0.717, 1.165) is 0 Å². The molecule has 1 aliphatic heterocycles. The summed E-state index contributed by atoms with van der Waals surface area (Å²) in [5, 5.41) is 0. The summed E-state index contributed by atoms with van der Waals surface area (Å²) in [7, 11) is -3.65. The third-order valence-electron chi connectivity index (χ3n) is 3.70. The predicted octanol–water partition coefficient (Wildman–Crippen LogP) is 1.76. The van der Waals surface area contributed by atoms with Gasteiger partial charge in [-0.1, -0.05) is 0 Å². The van der Waals surface area contributed by atoms with E-state index in [0.29, 0.717) is 18.9 Å². The largest absolute Gasteiger partial charge is 0.494 e. The maximum atomic E-state index is 12.4. The zero-order valence-corrected chi connectivity index (χ0v) is 14.8. The van der Waals surface area contributed by atoms with E-state index in [1.807, 2.05) is 27.7 Å². The molecule has 1 unspecified atom stereocenters. The van der Waals surface area contributed by atoms with Crippen molar-refractivity contribution in [3.05, 3.63) is 24.3 Å². The number of hydrogen-bond acceptors (Lipinski definition) is 4. The molecule has 0 aromatic heterocycles. The normalized spacial score (nSPS) is 19.2. The van der Waals surface area contributed by atoms with Crippen molar-refractivity contribution in [2.24, 2.45) is 0 Å². The highest BCUT2D eigenvalue weighted by Gasteiger charge is 2.37. The van der Waals surface area contributed by atoms with Gasteiger partial charge in [-0.15, -0.1) is 0 Å². The molecule has 0 aliphatic carbocycles. The van der Waals surface area contributed by atoms with E-state index >= 15 is 0 Å². The topological polar surface area (TPSA) is 75.7 Å². The molecule has 0 bridgehead atoms. The van der Waals surface area contributed by atoms with Crippen LogP contribution in [0.2, 0.25) is 0 Å². The average molecular weight is 340 g/mol. The van der Waals surface area contributed by atoms with Gasteiger partial charge in [0, 0.05) is 24.5 Å². The first-order valence-electron chi connectivity index (χ1n) is 7.69. The molecule has 0 spiro atoms. The number of rotatable bonds is 5. The van der Waals surface area contributed by atoms with Crippen molar-refractivity contribution < 1.29 is 17.9 Å². The van der Waals surface area contributed by atoms with Gasteiger partial charge in [0.1, 0.15) is 5.75 Å². The Labute approximate surface area is 137 Å². The number of sulfonamides is 1. The van der Waals surface area contributed by atoms with Crippen molar-refractivity contribution in [3.8, 4) is 5.75 Å². The summed E-state index contributed by atoms with van der Waals surface area (Å²) in [6.45, 7) is 8.59. The van der Waals surface area contributed by atoms with Crippen LogP contribution >= 0.6 is 0 Å². The zero-order chi connectivity index (χ0) is 17.3. The highest BCUT2D eigenvalue weighted by molar-refractivity contribution is 7.89. The minimum absolute atomic E-state index is 0.0307. The maximum absolute atomic E-state index is 12.4. The number of carbonyl (C=O) groups is 1. The maximum Gasteiger partial charge on any atom is 0.240 e. The van der Waals surface area contributed by atoms with E-state index in [4.69, 9.17) is 4.74 Å². The molecule has 7 heteroatoms. The van der Waals surface area contributed by atoms with Crippen LogP contribution in [0.3, 0.4) is 0 Å². The molecule has 1 aromatic carbocycles. The van der Waals surface area contributed by atoms with Crippen LogP contribution in [0.1, 0.15) is 34.1 Å². The van der Waals surface area contributed by atoms with Gasteiger partial charge in [-0.3, -0.25) is 4.79 Å². The Morgan fingerprint density at radius 2 is 1.87 bits per heavy atom. The fourth-order valence-corrected chi connectivity index (χ4v) is 3.83. The lowest BCUT2D eigenvalue weighted by molar-refractivity contribution is -0.131. The number of ether oxygens (including phenoxy) is 1. The molecule has 1 aromatic rings. The Morgan fingerprint density at radius 3 is 2.35 bits per heavy atom. The molecule has 0 saturated carbocycles. The van der Waals surface area contributed by atoms with Gasteiger partial charge >= 0.3 is 0 Å². The fraction of sp³-hybridized carbons (Fsp3) is 0.562. The van der Waals surface area contributed by atoms with E-state index in [9.17, 15) is 13.2 Å². The highest BCUT2D eigenvalue weighted by Crippen LogP contribution is 2.23. The first kappa shape index (κ1) is 17.7. The van der Waals surface area contributed by atoms with Crippen LogP contribution < -0.4 is 9.46 Å². The molecule has 1 N–H and O–H groups in total. The lowest BCUT2D eigenvalue weighted by Gasteiger charge is -2.32. The average Bonchev–Trinajstić information content (AvgIpc) is 2.80. The lowest BCUT2D eigenvalue weighted by atomic mass is 10.1. The number of likely N-dealkylation sites (tertiary alicyclic amines) is 1. The highest BCUT2D eigenvalue weighted by atomic mass is 32.2. The number of benzene rings is 1. The van der Waals surface area contributed by atoms with Crippen molar-refractivity contribution >= 4 is 15.9 Å². The third kappa shape index (κ3) is 4.23. The summed E-state index contributed by atoms with van der Waals surface area (Å²) in [6.07, 6.45) is 0.188. The predicted molar refractivity (Wildman–Crippen MR) is 87.8 cm³/mol. The second kappa shape index (κ2) is 6.49. The Morgan fingerprint density at radius 1 is 1.26 bits per heavy atom. The van der Waals surface area contributed by atoms with E-state index in [-0.39, 0.29) is 22.8 Å². The Bertz CT molecular complexity index is 662. The SMILES string of the molecule is CCOc1ccc(S(=O)(=O)NC2CC(=O)N(C(C)(C)C)C2)cc1. The van der Waals surface area contributed by atoms with Crippen molar-refractivity contribution in [1.82, 2.24) is 9.62 Å². The Balaban J connectivity index is 2.08. The van der Waals surface area contributed by atoms with Gasteiger partial charge in [0.05, 0.1) is 11.5 Å². The van der Waals surface area contributed by atoms with Crippen LogP contribution in [-0.4, -0.2) is 44.0 Å². The Hall–Kier alpha value is -1.60. The van der Waals surface area contributed by atoms with Crippen molar-refractivity contribution in [2.75, 3.05) is 13.2 Å². The van der Waals surface area contributed by atoms with Gasteiger partial charge in [-0.2, -0.15) is 0 Å². The fourth-order valence-electron chi connectivity index (χ4n) is 2.60. The summed E-state index contributed by atoms with van der Waals surface area (Å²) in [5.41, 5.74) is -0.309. The van der Waals surface area contributed by atoms with Gasteiger partial charge in [-0.05, 0) is 52.0 Å². The number of amides is 1. The van der Waals surface area contributed by atoms with E-state index < -0.39 is 16.1 Å². The van der Waals surface area contributed by atoms with Crippen molar-refractivity contribution in [3.63, 3.8) is 0 Å². The molecule has 2 rings (SSSR count). The first-order valence-corrected chi connectivity index (χ1v) is 9.17. The quantitative estimate of drug-likeness (QED) is 0.886. The summed E-state index contributed by atoms with van der Waals surface area (Å²) in [4.78, 5) is 13.9. The van der Waals surface area contributed by atoms with Crippen LogP contribution in [0.15, 0.2) is 29.2 Å². The summed E-state index contributed by atoms with van der Waals surface area (Å²) in [6, 6.07) is 5.86. The van der Waals surface area contributed by atoms with Gasteiger partial charge in [0.2, 0.25) is 15.9 Å². The number of nitrogens with one attached hydrogen (secondary N) is 1. The van der Waals surface area contributed by atoms with Crippen molar-refractivity contribution in [1.29, 1.82) is 0 Å². The minimum atomic E-state index is -3.65. The second-order valence-corrected chi connectivity index (χ2v) is 8.32. The second-order valence-electron chi connectivity index (χ2n) is 6.60. The van der Waals surface area contributed by atoms with Gasteiger partial charge in [-0.25, -0.2) is 13.1 Å². The molecular weight excluding hydrogens is 316 g/mol. The smallest absolute Gasteiger partial charge is 0.240 e. The lowest BCUT2D eigenvalue weighted by Crippen LogP contribution is -2.44. The van der Waals surface area contributed by atoms with E-state index in [1.165, 1.54) is 12.1 Å². The molecular formula is C16H24N2O4S. The standard InChI is InChI=1S/C16H24N2O4S/c1-5-22-13-6-8-14(9-7-13)23(20,21)17-12-10-15(19)18(11-12)16(2,3)4/h6-9,12,17H,5,10-11H2,1-4H3. The molecule has 23 heavy (non-hydrogen) atoms. The molecule has 128 valence electrons. The van der Waals surface area contributed by atoms with Crippen molar-refractivity contribution in [2.45, 2.75) is 50.6 Å².